The van der Waals surface area contributed by atoms with E-state index in [2.05, 4.69) is 25.3 Å². The van der Waals surface area contributed by atoms with Gasteiger partial charge in [-0.25, -0.2) is 9.97 Å². The van der Waals surface area contributed by atoms with Crippen LogP contribution in [0, 0.1) is 0 Å². The highest BCUT2D eigenvalue weighted by Crippen LogP contribution is 2.35. The largest absolute Gasteiger partial charge is 0.507 e. The first kappa shape index (κ1) is 17.2. The number of piperazine rings is 1. The molecule has 8 heteroatoms. The third-order valence-corrected chi connectivity index (χ3v) is 5.51. The fourth-order valence-corrected chi connectivity index (χ4v) is 4.02. The van der Waals surface area contributed by atoms with Crippen LogP contribution in [0.5, 0.6) is 5.75 Å². The first-order valence-corrected chi connectivity index (χ1v) is 9.55. The van der Waals surface area contributed by atoms with E-state index in [9.17, 15) is 5.11 Å². The Morgan fingerprint density at radius 2 is 2.00 bits per heavy atom. The van der Waals surface area contributed by atoms with E-state index in [1.165, 1.54) is 0 Å². The molecule has 0 aliphatic carbocycles. The lowest BCUT2D eigenvalue weighted by atomic mass is 10.1. The van der Waals surface area contributed by atoms with E-state index in [0.717, 1.165) is 48.2 Å². The second kappa shape index (κ2) is 6.61. The lowest BCUT2D eigenvalue weighted by Gasteiger charge is -2.30. The molecule has 1 aliphatic rings. The van der Waals surface area contributed by atoms with Crippen LogP contribution in [0.15, 0.2) is 36.7 Å². The molecule has 4 heterocycles. The fraction of sp³-hybridized carbons (Fsp3) is 0.250. The first-order chi connectivity index (χ1) is 13.6. The summed E-state index contributed by atoms with van der Waals surface area (Å²) in [6.45, 7) is 3.66. The molecule has 28 heavy (non-hydrogen) atoms. The van der Waals surface area contributed by atoms with Crippen LogP contribution in [0.25, 0.3) is 33.2 Å². The number of nitrogens with zero attached hydrogens (tertiary/aromatic N) is 5. The number of halogens is 1. The number of benzene rings is 1. The van der Waals surface area contributed by atoms with Crippen molar-refractivity contribution in [3.05, 3.63) is 41.7 Å². The van der Waals surface area contributed by atoms with Crippen LogP contribution in [0.3, 0.4) is 0 Å². The second-order valence-corrected chi connectivity index (χ2v) is 7.37. The summed E-state index contributed by atoms with van der Waals surface area (Å²) >= 11 is 6.68. The van der Waals surface area contributed by atoms with Crippen molar-refractivity contribution in [3.8, 4) is 17.0 Å². The minimum absolute atomic E-state index is 0.140. The molecule has 3 aromatic heterocycles. The highest BCUT2D eigenvalue weighted by Gasteiger charge is 2.17. The zero-order chi connectivity index (χ0) is 19.3. The summed E-state index contributed by atoms with van der Waals surface area (Å²) < 4.78 is 1.72. The van der Waals surface area contributed by atoms with Gasteiger partial charge in [0.05, 0.1) is 28.1 Å². The van der Waals surface area contributed by atoms with Crippen LogP contribution in [0.1, 0.15) is 0 Å². The Morgan fingerprint density at radius 1 is 1.18 bits per heavy atom. The Kier molecular flexibility index (Phi) is 4.07. The number of aryl methyl sites for hydroxylation is 1. The lowest BCUT2D eigenvalue weighted by molar-refractivity contribution is 0.478. The van der Waals surface area contributed by atoms with Gasteiger partial charge in [0.15, 0.2) is 5.65 Å². The summed E-state index contributed by atoms with van der Waals surface area (Å²) in [5.74, 6) is 0.140. The molecule has 1 saturated heterocycles. The van der Waals surface area contributed by atoms with Gasteiger partial charge in [0.1, 0.15) is 5.75 Å². The molecule has 0 spiro atoms. The van der Waals surface area contributed by atoms with Gasteiger partial charge in [0.2, 0.25) is 0 Å². The number of pyridine rings is 2. The highest BCUT2D eigenvalue weighted by molar-refractivity contribution is 6.37. The molecule has 1 aliphatic heterocycles. The number of aromatic nitrogens is 4. The van der Waals surface area contributed by atoms with Gasteiger partial charge >= 0.3 is 0 Å². The van der Waals surface area contributed by atoms with Gasteiger partial charge in [0.25, 0.3) is 0 Å². The first-order valence-electron chi connectivity index (χ1n) is 9.18. The number of phenolic OH excluding ortho intramolecular Hbond substituents is 1. The average molecular weight is 395 g/mol. The maximum atomic E-state index is 10.5. The van der Waals surface area contributed by atoms with Gasteiger partial charge in [0, 0.05) is 61.8 Å². The molecule has 0 atom stereocenters. The highest BCUT2D eigenvalue weighted by atomic mass is 35.5. The van der Waals surface area contributed by atoms with Crippen molar-refractivity contribution >= 4 is 39.2 Å². The summed E-state index contributed by atoms with van der Waals surface area (Å²) in [7, 11) is 1.85. The van der Waals surface area contributed by atoms with E-state index < -0.39 is 0 Å². The molecule has 4 aromatic rings. The summed E-state index contributed by atoms with van der Waals surface area (Å²) in [5, 5.41) is 20.5. The molecule has 0 unspecified atom stereocenters. The molecule has 1 fully saturated rings. The van der Waals surface area contributed by atoms with Gasteiger partial charge in [-0.15, -0.1) is 0 Å². The van der Waals surface area contributed by atoms with Gasteiger partial charge in [-0.1, -0.05) is 11.6 Å². The van der Waals surface area contributed by atoms with Gasteiger partial charge in [-0.3, -0.25) is 4.68 Å². The van der Waals surface area contributed by atoms with E-state index in [0.29, 0.717) is 21.9 Å². The van der Waals surface area contributed by atoms with Crippen molar-refractivity contribution in [2.24, 2.45) is 7.05 Å². The van der Waals surface area contributed by atoms with Crippen molar-refractivity contribution in [2.45, 2.75) is 0 Å². The van der Waals surface area contributed by atoms with E-state index in [4.69, 9.17) is 11.6 Å². The SMILES string of the molecule is Cn1cc2cc(-c3ccc4c(Cl)c(N5CCNCC5)cnc4n3)c(O)cc2n1. The minimum Gasteiger partial charge on any atom is -0.507 e. The molecule has 0 bridgehead atoms. The topological polar surface area (TPSA) is 79.1 Å². The lowest BCUT2D eigenvalue weighted by Crippen LogP contribution is -2.43. The maximum absolute atomic E-state index is 10.5. The van der Waals surface area contributed by atoms with Gasteiger partial charge in [-0.05, 0) is 18.2 Å². The number of rotatable bonds is 2. The number of anilines is 1. The Bertz CT molecular complexity index is 1200. The molecular formula is C20H19ClN6O. The number of hydrogen-bond donors (Lipinski definition) is 2. The predicted octanol–water partition coefficient (Wildman–Crippen LogP) is 2.95. The van der Waals surface area contributed by atoms with Crippen LogP contribution >= 0.6 is 11.6 Å². The predicted molar refractivity (Wildman–Crippen MR) is 111 cm³/mol. The number of nitrogens with one attached hydrogen (secondary N) is 1. The maximum Gasteiger partial charge on any atom is 0.161 e. The summed E-state index contributed by atoms with van der Waals surface area (Å²) in [5.41, 5.74) is 3.53. The van der Waals surface area contributed by atoms with Crippen molar-refractivity contribution < 1.29 is 5.11 Å². The standard InChI is InChI=1S/C20H19ClN6O/c1-26-11-12-8-14(18(28)9-16(12)25-26)15-3-2-13-19(21)17(10-23-20(13)24-15)27-6-4-22-5-7-27/h2-3,8-11,22,28H,4-7H2,1H3. The third kappa shape index (κ3) is 2.83. The number of phenols is 1. The molecule has 1 aromatic carbocycles. The van der Waals surface area contributed by atoms with Crippen molar-refractivity contribution in [2.75, 3.05) is 31.1 Å². The van der Waals surface area contributed by atoms with Crippen molar-refractivity contribution in [1.82, 2.24) is 25.1 Å². The summed E-state index contributed by atoms with van der Waals surface area (Å²) in [6, 6.07) is 7.34. The number of hydrogen-bond acceptors (Lipinski definition) is 6. The normalized spacial score (nSPS) is 14.9. The zero-order valence-corrected chi connectivity index (χ0v) is 16.1. The molecular weight excluding hydrogens is 376 g/mol. The summed E-state index contributed by atoms with van der Waals surface area (Å²) in [4.78, 5) is 11.4. The molecule has 5 rings (SSSR count). The second-order valence-electron chi connectivity index (χ2n) is 6.99. The molecule has 0 amide bonds. The van der Waals surface area contributed by atoms with Gasteiger partial charge in [-0.2, -0.15) is 5.10 Å². The molecule has 2 N–H and O–H groups in total. The Labute approximate surface area is 166 Å². The zero-order valence-electron chi connectivity index (χ0n) is 15.4. The number of fused-ring (bicyclic) bond motifs is 2. The van der Waals surface area contributed by atoms with Crippen LogP contribution in [0.4, 0.5) is 5.69 Å². The van der Waals surface area contributed by atoms with Crippen LogP contribution in [-0.2, 0) is 7.05 Å². The van der Waals surface area contributed by atoms with E-state index >= 15 is 0 Å². The molecule has 0 saturated carbocycles. The molecule has 142 valence electrons. The van der Waals surface area contributed by atoms with Crippen LogP contribution in [-0.4, -0.2) is 51.0 Å². The smallest absolute Gasteiger partial charge is 0.161 e. The fourth-order valence-electron chi connectivity index (χ4n) is 3.70. The minimum atomic E-state index is 0.140. The van der Waals surface area contributed by atoms with Crippen LogP contribution in [0.2, 0.25) is 5.02 Å². The number of aromatic hydroxyl groups is 1. The third-order valence-electron chi connectivity index (χ3n) is 5.12. The van der Waals surface area contributed by atoms with Gasteiger partial charge < -0.3 is 15.3 Å². The van der Waals surface area contributed by atoms with Crippen molar-refractivity contribution in [1.29, 1.82) is 0 Å². The quantitative estimate of drug-likeness (QED) is 0.544. The van der Waals surface area contributed by atoms with Crippen molar-refractivity contribution in [3.63, 3.8) is 0 Å². The van der Waals surface area contributed by atoms with E-state index in [-0.39, 0.29) is 5.75 Å². The van der Waals surface area contributed by atoms with E-state index in [1.807, 2.05) is 31.4 Å². The summed E-state index contributed by atoms with van der Waals surface area (Å²) in [6.07, 6.45) is 3.70. The molecule has 7 nitrogen and oxygen atoms in total. The Balaban J connectivity index is 1.59. The van der Waals surface area contributed by atoms with E-state index in [1.54, 1.807) is 16.9 Å². The molecule has 0 radical (unpaired) electrons. The Hall–Kier alpha value is -2.90. The van der Waals surface area contributed by atoms with Crippen LogP contribution < -0.4 is 10.2 Å². The Morgan fingerprint density at radius 3 is 2.82 bits per heavy atom. The monoisotopic (exact) mass is 394 g/mol. The average Bonchev–Trinajstić information content (AvgIpc) is 3.07.